The lowest BCUT2D eigenvalue weighted by Gasteiger charge is -2.33. The van der Waals surface area contributed by atoms with Gasteiger partial charge in [0.1, 0.15) is 22.2 Å². The highest BCUT2D eigenvalue weighted by Crippen LogP contribution is 2.43. The molecule has 4 aromatic rings. The van der Waals surface area contributed by atoms with Crippen LogP contribution in [0.4, 0.5) is 24.8 Å². The Bertz CT molecular complexity index is 1540. The molecule has 0 radical (unpaired) electrons. The molecule has 8 nitrogen and oxygen atoms in total. The lowest BCUT2D eigenvalue weighted by Crippen LogP contribution is -2.32. The summed E-state index contributed by atoms with van der Waals surface area (Å²) in [6, 6.07) is 10.5. The van der Waals surface area contributed by atoms with E-state index >= 15 is 0 Å². The van der Waals surface area contributed by atoms with E-state index in [0.717, 1.165) is 29.5 Å². The molecule has 1 aromatic carbocycles. The van der Waals surface area contributed by atoms with Crippen LogP contribution in [-0.4, -0.2) is 33.1 Å². The predicted octanol–water partition coefficient (Wildman–Crippen LogP) is 5.53. The van der Waals surface area contributed by atoms with Crippen LogP contribution in [0.5, 0.6) is 0 Å². The van der Waals surface area contributed by atoms with Gasteiger partial charge in [0.25, 0.3) is 5.91 Å². The van der Waals surface area contributed by atoms with Gasteiger partial charge in [0.05, 0.1) is 23.2 Å². The zero-order valence-corrected chi connectivity index (χ0v) is 21.8. The fourth-order valence-electron chi connectivity index (χ4n) is 4.64. The third kappa shape index (κ3) is 5.49. The minimum Gasteiger partial charge on any atom is -0.378 e. The monoisotopic (exact) mass is 555 g/mol. The number of aromatic nitrogens is 3. The van der Waals surface area contributed by atoms with Gasteiger partial charge in [0.2, 0.25) is 0 Å². The number of anilines is 2. The summed E-state index contributed by atoms with van der Waals surface area (Å²) in [6.07, 6.45) is 0.107. The van der Waals surface area contributed by atoms with Gasteiger partial charge in [-0.05, 0) is 79.3 Å². The highest BCUT2D eigenvalue weighted by atomic mass is 32.1. The van der Waals surface area contributed by atoms with Crippen LogP contribution in [-0.2, 0) is 23.0 Å². The van der Waals surface area contributed by atoms with E-state index < -0.39 is 17.3 Å². The Morgan fingerprint density at radius 3 is 2.72 bits per heavy atom. The van der Waals surface area contributed by atoms with Crippen LogP contribution in [0.25, 0.3) is 10.6 Å². The SMILES string of the molecule is CONC(=O)c1ccc2c(c1)CCC[C@]2(O)c1ncc(-c2cc(C)cc(Nc3cc(C(F)(F)F)ccn3)n2)s1. The molecule has 3 N–H and O–H groups in total. The average molecular weight is 556 g/mol. The average Bonchev–Trinajstić information content (AvgIpc) is 3.40. The number of thiazole rings is 1. The normalized spacial score (nSPS) is 17.0. The third-order valence-electron chi connectivity index (χ3n) is 6.42. The third-order valence-corrected chi connectivity index (χ3v) is 7.59. The van der Waals surface area contributed by atoms with Crippen LogP contribution >= 0.6 is 11.3 Å². The van der Waals surface area contributed by atoms with E-state index in [9.17, 15) is 23.1 Å². The van der Waals surface area contributed by atoms with E-state index in [1.54, 1.807) is 30.5 Å². The van der Waals surface area contributed by atoms with Crippen molar-refractivity contribution in [3.8, 4) is 10.6 Å². The molecule has 0 unspecified atom stereocenters. The summed E-state index contributed by atoms with van der Waals surface area (Å²) in [6.45, 7) is 1.85. The van der Waals surface area contributed by atoms with Crippen LogP contribution in [0.2, 0.25) is 0 Å². The number of halogens is 3. The van der Waals surface area contributed by atoms with Crippen molar-refractivity contribution < 1.29 is 27.9 Å². The standard InChI is InChI=1S/C27H24F3N5O3S/c1-15-10-20(33-23(11-15)34-22-13-18(7-9-31-22)27(28,29)30)21-14-32-25(39-21)26(37)8-3-4-16-12-17(5-6-19(16)26)24(36)35-38-2/h5-7,9-14,37H,3-4,8H2,1-2H3,(H,35,36)(H,31,33,34)/t26-/m1/s1. The molecule has 1 aliphatic rings. The number of nitrogens with one attached hydrogen (secondary N) is 2. The summed E-state index contributed by atoms with van der Waals surface area (Å²) in [5.41, 5.74) is 3.52. The zero-order valence-electron chi connectivity index (χ0n) is 21.0. The number of hydrogen-bond acceptors (Lipinski definition) is 8. The molecule has 0 bridgehead atoms. The van der Waals surface area contributed by atoms with E-state index in [4.69, 9.17) is 4.84 Å². The van der Waals surface area contributed by atoms with Gasteiger partial charge in [-0.2, -0.15) is 13.2 Å². The summed E-state index contributed by atoms with van der Waals surface area (Å²) in [7, 11) is 1.36. The highest BCUT2D eigenvalue weighted by molar-refractivity contribution is 7.15. The molecule has 39 heavy (non-hydrogen) atoms. The molecular weight excluding hydrogens is 531 g/mol. The van der Waals surface area contributed by atoms with Crippen molar-refractivity contribution in [2.45, 2.75) is 38.0 Å². The van der Waals surface area contributed by atoms with Gasteiger partial charge in [-0.15, -0.1) is 11.3 Å². The molecular formula is C27H24F3N5O3S. The van der Waals surface area contributed by atoms with E-state index in [2.05, 4.69) is 25.7 Å². The Kier molecular flexibility index (Phi) is 7.10. The first-order valence-corrected chi connectivity index (χ1v) is 12.8. The van der Waals surface area contributed by atoms with Crippen LogP contribution in [0.1, 0.15) is 50.5 Å². The van der Waals surface area contributed by atoms with Crippen molar-refractivity contribution in [1.82, 2.24) is 20.4 Å². The Morgan fingerprint density at radius 1 is 1.13 bits per heavy atom. The van der Waals surface area contributed by atoms with Crippen LogP contribution in [0.15, 0.2) is 54.9 Å². The Balaban J connectivity index is 1.44. The molecule has 12 heteroatoms. The summed E-state index contributed by atoms with van der Waals surface area (Å²) in [4.78, 5) is 30.6. The lowest BCUT2D eigenvalue weighted by atomic mass is 9.79. The number of amides is 1. The molecule has 1 amide bonds. The number of hydroxylamine groups is 1. The fourth-order valence-corrected chi connectivity index (χ4v) is 5.65. The summed E-state index contributed by atoms with van der Waals surface area (Å²) in [5, 5.41) is 15.1. The van der Waals surface area contributed by atoms with E-state index in [0.29, 0.717) is 51.8 Å². The van der Waals surface area contributed by atoms with Crippen molar-refractivity contribution in [2.75, 3.05) is 12.4 Å². The minimum atomic E-state index is -4.49. The van der Waals surface area contributed by atoms with Crippen molar-refractivity contribution in [2.24, 2.45) is 0 Å². The van der Waals surface area contributed by atoms with Crippen LogP contribution in [0.3, 0.4) is 0 Å². The number of hydrogen-bond donors (Lipinski definition) is 3. The zero-order chi connectivity index (χ0) is 27.8. The highest BCUT2D eigenvalue weighted by Gasteiger charge is 2.39. The number of rotatable bonds is 6. The molecule has 0 saturated heterocycles. The first kappa shape index (κ1) is 26.7. The Morgan fingerprint density at radius 2 is 1.95 bits per heavy atom. The fraction of sp³-hybridized carbons (Fsp3) is 0.259. The lowest BCUT2D eigenvalue weighted by molar-refractivity contribution is -0.137. The molecule has 3 heterocycles. The van der Waals surface area contributed by atoms with Crippen LogP contribution < -0.4 is 10.8 Å². The molecule has 5 rings (SSSR count). The number of nitrogens with zero attached hydrogens (tertiary/aromatic N) is 3. The molecule has 0 spiro atoms. The number of aryl methyl sites for hydroxylation is 2. The summed E-state index contributed by atoms with van der Waals surface area (Å²) in [5.74, 6) is -0.0258. The van der Waals surface area contributed by atoms with E-state index in [1.807, 2.05) is 13.0 Å². The second-order valence-electron chi connectivity index (χ2n) is 9.22. The van der Waals surface area contributed by atoms with Gasteiger partial charge < -0.3 is 10.4 Å². The smallest absolute Gasteiger partial charge is 0.378 e. The topological polar surface area (TPSA) is 109 Å². The molecule has 3 aromatic heterocycles. The first-order chi connectivity index (χ1) is 18.6. The van der Waals surface area contributed by atoms with Gasteiger partial charge in [-0.3, -0.25) is 9.63 Å². The van der Waals surface area contributed by atoms with Crippen molar-refractivity contribution in [3.63, 3.8) is 0 Å². The maximum Gasteiger partial charge on any atom is 0.416 e. The quantitative estimate of drug-likeness (QED) is 0.268. The molecule has 1 atom stereocenters. The van der Waals surface area contributed by atoms with Gasteiger partial charge in [0.15, 0.2) is 0 Å². The molecule has 0 saturated carbocycles. The van der Waals surface area contributed by atoms with Crippen LogP contribution in [0, 0.1) is 6.92 Å². The Labute approximate surface area is 225 Å². The number of fused-ring (bicyclic) bond motifs is 1. The largest absolute Gasteiger partial charge is 0.416 e. The number of aliphatic hydroxyl groups is 1. The van der Waals surface area contributed by atoms with Gasteiger partial charge in [-0.1, -0.05) is 6.07 Å². The predicted molar refractivity (Wildman–Crippen MR) is 139 cm³/mol. The molecule has 0 aliphatic heterocycles. The number of pyridine rings is 2. The molecule has 1 aliphatic carbocycles. The number of carbonyl (C=O) groups is 1. The second-order valence-corrected chi connectivity index (χ2v) is 10.2. The number of alkyl halides is 3. The van der Waals surface area contributed by atoms with E-state index in [-0.39, 0.29) is 11.7 Å². The first-order valence-electron chi connectivity index (χ1n) is 12.0. The van der Waals surface area contributed by atoms with Crippen molar-refractivity contribution >= 4 is 28.9 Å². The van der Waals surface area contributed by atoms with Crippen molar-refractivity contribution in [3.05, 3.63) is 87.7 Å². The maximum atomic E-state index is 13.1. The van der Waals surface area contributed by atoms with Gasteiger partial charge in [-0.25, -0.2) is 20.4 Å². The van der Waals surface area contributed by atoms with E-state index in [1.165, 1.54) is 18.4 Å². The van der Waals surface area contributed by atoms with Crippen molar-refractivity contribution in [1.29, 1.82) is 0 Å². The number of benzene rings is 1. The minimum absolute atomic E-state index is 0.0190. The summed E-state index contributed by atoms with van der Waals surface area (Å²) >= 11 is 1.29. The van der Waals surface area contributed by atoms with Gasteiger partial charge >= 0.3 is 6.18 Å². The summed E-state index contributed by atoms with van der Waals surface area (Å²) < 4.78 is 39.3. The second kappa shape index (κ2) is 10.4. The van der Waals surface area contributed by atoms with Gasteiger partial charge in [0, 0.05) is 18.0 Å². The molecule has 0 fully saturated rings. The molecule has 202 valence electrons. The Hall–Kier alpha value is -3.87. The maximum absolute atomic E-state index is 13.1. The number of carbonyl (C=O) groups excluding carboxylic acids is 1.